The van der Waals surface area contributed by atoms with Crippen LogP contribution in [0.5, 0.6) is 0 Å². The highest BCUT2D eigenvalue weighted by Crippen LogP contribution is 2.42. The molecule has 0 radical (unpaired) electrons. The Morgan fingerprint density at radius 3 is 3.07 bits per heavy atom. The van der Waals surface area contributed by atoms with E-state index in [1.54, 1.807) is 12.5 Å². The molecule has 0 saturated heterocycles. The zero-order chi connectivity index (χ0) is 10.9. The van der Waals surface area contributed by atoms with Crippen LogP contribution in [-0.4, -0.2) is 9.55 Å². The minimum Gasteiger partial charge on any atom is -0.316 e. The Labute approximate surface area is 96.9 Å². The second kappa shape index (κ2) is 3.67. The Hall–Kier alpha value is -1.34. The van der Waals surface area contributed by atoms with Crippen LogP contribution in [0.1, 0.15) is 6.92 Å². The van der Waals surface area contributed by atoms with Gasteiger partial charge in [0.05, 0.1) is 12.4 Å². The molecule has 2 rings (SSSR count). The van der Waals surface area contributed by atoms with Gasteiger partial charge in [-0.3, -0.25) is 0 Å². The summed E-state index contributed by atoms with van der Waals surface area (Å²) in [5.74, 6) is -0.225. The summed E-state index contributed by atoms with van der Waals surface area (Å²) in [5, 5.41) is 9.15. The third-order valence-electron chi connectivity index (χ3n) is 2.63. The van der Waals surface area contributed by atoms with E-state index in [0.29, 0.717) is 0 Å². The summed E-state index contributed by atoms with van der Waals surface area (Å²) < 4.78 is 1.42. The minimum atomic E-state index is -0.493. The highest BCUT2D eigenvalue weighted by atomic mass is 79.9. The first kappa shape index (κ1) is 10.2. The van der Waals surface area contributed by atoms with Gasteiger partial charge in [-0.2, -0.15) is 5.26 Å². The predicted molar refractivity (Wildman–Crippen MR) is 61.1 cm³/mol. The fraction of sp³-hybridized carbons (Fsp3) is 0.273. The minimum absolute atomic E-state index is 0.225. The van der Waals surface area contributed by atoms with Crippen LogP contribution in [0, 0.1) is 17.2 Å². The van der Waals surface area contributed by atoms with Gasteiger partial charge in [-0.15, -0.1) is 0 Å². The number of rotatable bonds is 1. The molecule has 0 amide bonds. The van der Waals surface area contributed by atoms with Crippen molar-refractivity contribution in [2.75, 3.05) is 0 Å². The lowest BCUT2D eigenvalue weighted by Gasteiger charge is -2.34. The van der Waals surface area contributed by atoms with E-state index in [4.69, 9.17) is 5.26 Å². The quantitative estimate of drug-likeness (QED) is 0.731. The summed E-state index contributed by atoms with van der Waals surface area (Å²) in [5.41, 5.74) is 1.09. The summed E-state index contributed by atoms with van der Waals surface area (Å²) in [6, 6.07) is 2.29. The zero-order valence-corrected chi connectivity index (χ0v) is 9.85. The molecule has 1 heterocycles. The number of nitrogens with zero attached hydrogens (tertiary/aromatic N) is 3. The van der Waals surface area contributed by atoms with E-state index in [0.717, 1.165) is 5.57 Å². The average molecular weight is 264 g/mol. The number of aromatic nitrogens is 2. The van der Waals surface area contributed by atoms with Crippen molar-refractivity contribution >= 4 is 15.9 Å². The van der Waals surface area contributed by atoms with Gasteiger partial charge in [0.2, 0.25) is 0 Å². The van der Waals surface area contributed by atoms with Crippen molar-refractivity contribution in [3.05, 3.63) is 42.5 Å². The molecule has 1 aromatic rings. The van der Waals surface area contributed by atoms with E-state index in [2.05, 4.69) is 27.0 Å². The highest BCUT2D eigenvalue weighted by molar-refractivity contribution is 9.09. The molecule has 0 aromatic carbocycles. The molecule has 15 heavy (non-hydrogen) atoms. The van der Waals surface area contributed by atoms with E-state index in [9.17, 15) is 0 Å². The normalized spacial score (nSPS) is 29.7. The van der Waals surface area contributed by atoms with Crippen LogP contribution in [0.2, 0.25) is 0 Å². The molecule has 76 valence electrons. The Balaban J connectivity index is 2.54. The monoisotopic (exact) mass is 263 g/mol. The molecule has 1 aliphatic rings. The summed E-state index contributed by atoms with van der Waals surface area (Å²) in [7, 11) is 0. The molecule has 0 aliphatic heterocycles. The molecule has 0 saturated carbocycles. The number of hydrogen-bond donors (Lipinski definition) is 0. The van der Waals surface area contributed by atoms with Gasteiger partial charge in [-0.1, -0.05) is 34.2 Å². The molecular weight excluding hydrogens is 254 g/mol. The maximum atomic E-state index is 9.15. The van der Waals surface area contributed by atoms with Gasteiger partial charge in [0.1, 0.15) is 10.4 Å². The van der Waals surface area contributed by atoms with Crippen molar-refractivity contribution in [2.24, 2.45) is 5.92 Å². The van der Waals surface area contributed by atoms with Gasteiger partial charge < -0.3 is 4.57 Å². The number of imidazole rings is 1. The lowest BCUT2D eigenvalue weighted by atomic mass is 9.90. The third-order valence-corrected chi connectivity index (χ3v) is 4.16. The molecule has 0 spiro atoms. The molecule has 0 fully saturated rings. The first-order valence-electron chi connectivity index (χ1n) is 4.62. The van der Waals surface area contributed by atoms with Gasteiger partial charge in [0.15, 0.2) is 0 Å². The van der Waals surface area contributed by atoms with Gasteiger partial charge in [-0.05, 0) is 12.5 Å². The SMILES string of the molecule is CC1=CC=CC(C#N)C1(Br)n1ccnc1. The fourth-order valence-corrected chi connectivity index (χ4v) is 2.34. The smallest absolute Gasteiger partial charge is 0.141 e. The van der Waals surface area contributed by atoms with Crippen molar-refractivity contribution in [3.63, 3.8) is 0 Å². The molecular formula is C11H10BrN3. The summed E-state index contributed by atoms with van der Waals surface area (Å²) in [6.07, 6.45) is 11.1. The fourth-order valence-electron chi connectivity index (χ4n) is 1.75. The van der Waals surface area contributed by atoms with Crippen molar-refractivity contribution in [3.8, 4) is 6.07 Å². The predicted octanol–water partition coefficient (Wildman–Crippen LogP) is 2.59. The van der Waals surface area contributed by atoms with Crippen molar-refractivity contribution in [1.29, 1.82) is 5.26 Å². The maximum Gasteiger partial charge on any atom is 0.141 e. The largest absolute Gasteiger partial charge is 0.316 e. The Morgan fingerprint density at radius 2 is 2.47 bits per heavy atom. The first-order valence-corrected chi connectivity index (χ1v) is 5.41. The Bertz CT molecular complexity index is 453. The van der Waals surface area contributed by atoms with Crippen LogP contribution in [0.4, 0.5) is 0 Å². The Morgan fingerprint density at radius 1 is 1.67 bits per heavy atom. The maximum absolute atomic E-state index is 9.15. The average Bonchev–Trinajstić information content (AvgIpc) is 2.75. The van der Waals surface area contributed by atoms with Crippen molar-refractivity contribution < 1.29 is 0 Å². The Kier molecular flexibility index (Phi) is 2.49. The van der Waals surface area contributed by atoms with E-state index in [1.165, 1.54) is 0 Å². The summed E-state index contributed by atoms with van der Waals surface area (Å²) in [4.78, 5) is 4.02. The van der Waals surface area contributed by atoms with Gasteiger partial charge in [0, 0.05) is 12.4 Å². The number of allylic oxidation sites excluding steroid dienone is 4. The van der Waals surface area contributed by atoms with Gasteiger partial charge >= 0.3 is 0 Å². The molecule has 1 aliphatic carbocycles. The molecule has 4 heteroatoms. The lowest BCUT2D eigenvalue weighted by Crippen LogP contribution is -2.35. The number of halogens is 1. The van der Waals surface area contributed by atoms with Crippen LogP contribution < -0.4 is 0 Å². The van der Waals surface area contributed by atoms with Crippen LogP contribution in [0.3, 0.4) is 0 Å². The van der Waals surface area contributed by atoms with E-state index in [-0.39, 0.29) is 5.92 Å². The number of hydrogen-bond acceptors (Lipinski definition) is 2. The molecule has 0 N–H and O–H groups in total. The van der Waals surface area contributed by atoms with Gasteiger partial charge in [0.25, 0.3) is 0 Å². The van der Waals surface area contributed by atoms with Crippen molar-refractivity contribution in [1.82, 2.24) is 9.55 Å². The third kappa shape index (κ3) is 1.44. The highest BCUT2D eigenvalue weighted by Gasteiger charge is 2.39. The van der Waals surface area contributed by atoms with E-state index < -0.39 is 4.45 Å². The van der Waals surface area contributed by atoms with Crippen LogP contribution in [0.15, 0.2) is 42.5 Å². The molecule has 2 unspecified atom stereocenters. The second-order valence-electron chi connectivity index (χ2n) is 3.48. The standard InChI is InChI=1S/C11H10BrN3/c1-9-3-2-4-10(7-13)11(9,12)15-6-5-14-8-15/h2-6,8,10H,1H3. The summed E-state index contributed by atoms with van der Waals surface area (Å²) >= 11 is 3.66. The summed E-state index contributed by atoms with van der Waals surface area (Å²) in [6.45, 7) is 2.00. The van der Waals surface area contributed by atoms with Crippen molar-refractivity contribution in [2.45, 2.75) is 11.4 Å². The lowest BCUT2D eigenvalue weighted by molar-refractivity contribution is 0.459. The second-order valence-corrected chi connectivity index (χ2v) is 4.69. The van der Waals surface area contributed by atoms with Crippen LogP contribution in [0.25, 0.3) is 0 Å². The van der Waals surface area contributed by atoms with Crippen LogP contribution in [-0.2, 0) is 4.45 Å². The van der Waals surface area contributed by atoms with Gasteiger partial charge in [-0.25, -0.2) is 4.98 Å². The molecule has 1 aromatic heterocycles. The molecule has 0 bridgehead atoms. The number of nitriles is 1. The van der Waals surface area contributed by atoms with E-state index >= 15 is 0 Å². The molecule has 3 nitrogen and oxygen atoms in total. The first-order chi connectivity index (χ1) is 7.19. The van der Waals surface area contributed by atoms with E-state index in [1.807, 2.05) is 35.9 Å². The number of alkyl halides is 1. The topological polar surface area (TPSA) is 41.6 Å². The zero-order valence-electron chi connectivity index (χ0n) is 8.26. The van der Waals surface area contributed by atoms with Crippen LogP contribution >= 0.6 is 15.9 Å². The molecule has 2 atom stereocenters.